The van der Waals surface area contributed by atoms with Crippen molar-refractivity contribution in [2.75, 3.05) is 5.73 Å². The molecule has 0 aliphatic heterocycles. The molecular weight excluding hydrogens is 218 g/mol. The molecule has 7 heteroatoms. The lowest BCUT2D eigenvalue weighted by molar-refractivity contribution is 0.953. The van der Waals surface area contributed by atoms with Crippen LogP contribution in [0, 0.1) is 13.8 Å². The van der Waals surface area contributed by atoms with Crippen molar-refractivity contribution in [1.82, 2.24) is 29.8 Å². The first-order valence-electron chi connectivity index (χ1n) is 5.16. The SMILES string of the molecule is Cc1cc2nnc(-c3cc(N)n[nH]3)n2c(C)n1. The van der Waals surface area contributed by atoms with Crippen molar-refractivity contribution in [2.24, 2.45) is 0 Å². The molecule has 0 saturated carbocycles. The second-order valence-corrected chi connectivity index (χ2v) is 3.87. The number of hydrogen-bond donors (Lipinski definition) is 2. The lowest BCUT2D eigenvalue weighted by atomic mass is 10.3. The number of aromatic amines is 1. The summed E-state index contributed by atoms with van der Waals surface area (Å²) in [5.41, 5.74) is 7.98. The van der Waals surface area contributed by atoms with Gasteiger partial charge in [0.05, 0.1) is 0 Å². The number of nitrogens with two attached hydrogens (primary N) is 1. The van der Waals surface area contributed by atoms with Gasteiger partial charge >= 0.3 is 0 Å². The maximum atomic E-state index is 5.58. The van der Waals surface area contributed by atoms with Crippen LogP contribution >= 0.6 is 0 Å². The van der Waals surface area contributed by atoms with Gasteiger partial charge in [-0.05, 0) is 13.8 Å². The van der Waals surface area contributed by atoms with Crippen LogP contribution in [-0.2, 0) is 0 Å². The molecule has 3 aromatic rings. The van der Waals surface area contributed by atoms with Gasteiger partial charge in [-0.15, -0.1) is 10.2 Å². The molecule has 0 amide bonds. The first kappa shape index (κ1) is 9.76. The van der Waals surface area contributed by atoms with E-state index in [1.165, 1.54) is 0 Å². The number of hydrogen-bond acceptors (Lipinski definition) is 5. The van der Waals surface area contributed by atoms with Crippen molar-refractivity contribution in [2.45, 2.75) is 13.8 Å². The number of aromatic nitrogens is 6. The Morgan fingerprint density at radius 3 is 2.76 bits per heavy atom. The maximum absolute atomic E-state index is 5.58. The molecule has 0 aliphatic rings. The Hall–Kier alpha value is -2.44. The van der Waals surface area contributed by atoms with Gasteiger partial charge < -0.3 is 5.73 Å². The lowest BCUT2D eigenvalue weighted by Gasteiger charge is -2.02. The topological polar surface area (TPSA) is 97.8 Å². The van der Waals surface area contributed by atoms with Crippen LogP contribution in [0.4, 0.5) is 5.82 Å². The van der Waals surface area contributed by atoms with Gasteiger partial charge in [0.25, 0.3) is 0 Å². The van der Waals surface area contributed by atoms with Gasteiger partial charge in [0.2, 0.25) is 0 Å². The zero-order valence-corrected chi connectivity index (χ0v) is 9.47. The van der Waals surface area contributed by atoms with Crippen LogP contribution in [0.2, 0.25) is 0 Å². The molecule has 3 heterocycles. The molecule has 0 bridgehead atoms. The highest BCUT2D eigenvalue weighted by molar-refractivity contribution is 5.58. The number of nitrogens with one attached hydrogen (secondary N) is 1. The first-order chi connectivity index (χ1) is 8.15. The minimum absolute atomic E-state index is 0.425. The second-order valence-electron chi connectivity index (χ2n) is 3.87. The van der Waals surface area contributed by atoms with E-state index in [0.29, 0.717) is 11.6 Å². The molecule has 0 radical (unpaired) electrons. The Labute approximate surface area is 96.7 Å². The van der Waals surface area contributed by atoms with Crippen molar-refractivity contribution in [3.63, 3.8) is 0 Å². The van der Waals surface area contributed by atoms with Crippen LogP contribution < -0.4 is 5.73 Å². The molecule has 0 atom stereocenters. The van der Waals surface area contributed by atoms with Crippen molar-refractivity contribution in [3.05, 3.63) is 23.7 Å². The number of aryl methyl sites for hydroxylation is 2. The van der Waals surface area contributed by atoms with Crippen molar-refractivity contribution < 1.29 is 0 Å². The van der Waals surface area contributed by atoms with Crippen LogP contribution in [0.1, 0.15) is 11.5 Å². The van der Waals surface area contributed by atoms with Gasteiger partial charge in [-0.3, -0.25) is 9.50 Å². The second kappa shape index (κ2) is 3.27. The van der Waals surface area contributed by atoms with Gasteiger partial charge in [-0.1, -0.05) is 0 Å². The summed E-state index contributed by atoms with van der Waals surface area (Å²) in [5.74, 6) is 1.91. The summed E-state index contributed by atoms with van der Waals surface area (Å²) in [6.07, 6.45) is 0. The molecule has 0 unspecified atom stereocenters. The number of anilines is 1. The molecule has 0 fully saturated rings. The molecule has 3 rings (SSSR count). The van der Waals surface area contributed by atoms with E-state index in [0.717, 1.165) is 22.9 Å². The average molecular weight is 229 g/mol. The number of nitrogen functional groups attached to an aromatic ring is 1. The Morgan fingerprint density at radius 1 is 1.24 bits per heavy atom. The van der Waals surface area contributed by atoms with Crippen molar-refractivity contribution in [3.8, 4) is 11.5 Å². The predicted molar refractivity (Wildman–Crippen MR) is 62.3 cm³/mol. The zero-order chi connectivity index (χ0) is 12.0. The van der Waals surface area contributed by atoms with E-state index in [1.54, 1.807) is 6.07 Å². The van der Waals surface area contributed by atoms with E-state index >= 15 is 0 Å². The Bertz CT molecular complexity index is 694. The van der Waals surface area contributed by atoms with E-state index in [-0.39, 0.29) is 0 Å². The van der Waals surface area contributed by atoms with Crippen molar-refractivity contribution >= 4 is 11.5 Å². The molecule has 7 nitrogen and oxygen atoms in total. The van der Waals surface area contributed by atoms with Gasteiger partial charge in [0.15, 0.2) is 11.5 Å². The molecule has 0 aromatic carbocycles. The quantitative estimate of drug-likeness (QED) is 0.640. The highest BCUT2D eigenvalue weighted by Crippen LogP contribution is 2.18. The number of nitrogens with zero attached hydrogens (tertiary/aromatic N) is 5. The average Bonchev–Trinajstić information content (AvgIpc) is 2.83. The highest BCUT2D eigenvalue weighted by Gasteiger charge is 2.12. The molecule has 3 N–H and O–H groups in total. The van der Waals surface area contributed by atoms with E-state index < -0.39 is 0 Å². The molecule has 17 heavy (non-hydrogen) atoms. The third-order valence-corrected chi connectivity index (χ3v) is 2.53. The van der Waals surface area contributed by atoms with Gasteiger partial charge in [-0.25, -0.2) is 4.98 Å². The van der Waals surface area contributed by atoms with Gasteiger partial charge in [0, 0.05) is 17.8 Å². The fourth-order valence-electron chi connectivity index (χ4n) is 1.86. The summed E-state index contributed by atoms with van der Waals surface area (Å²) >= 11 is 0. The minimum atomic E-state index is 0.425. The summed E-state index contributed by atoms with van der Waals surface area (Å²) in [5, 5.41) is 14.9. The molecule has 86 valence electrons. The Balaban J connectivity index is 2.31. The summed E-state index contributed by atoms with van der Waals surface area (Å²) < 4.78 is 1.86. The van der Waals surface area contributed by atoms with Gasteiger partial charge in [-0.2, -0.15) is 5.10 Å². The normalized spacial score (nSPS) is 11.2. The summed E-state index contributed by atoms with van der Waals surface area (Å²) in [6, 6.07) is 3.60. The van der Waals surface area contributed by atoms with Crippen LogP contribution in [-0.4, -0.2) is 29.8 Å². The van der Waals surface area contributed by atoms with E-state index in [2.05, 4.69) is 25.4 Å². The predicted octanol–water partition coefficient (Wildman–Crippen LogP) is 0.713. The number of H-pyrrole nitrogens is 1. The minimum Gasteiger partial charge on any atom is -0.382 e. The van der Waals surface area contributed by atoms with Crippen LogP contribution in [0.15, 0.2) is 12.1 Å². The third kappa shape index (κ3) is 1.43. The highest BCUT2D eigenvalue weighted by atomic mass is 15.3. The van der Waals surface area contributed by atoms with Crippen molar-refractivity contribution in [1.29, 1.82) is 0 Å². The molecule has 0 aliphatic carbocycles. The van der Waals surface area contributed by atoms with Crippen LogP contribution in [0.3, 0.4) is 0 Å². The van der Waals surface area contributed by atoms with E-state index in [9.17, 15) is 0 Å². The Kier molecular flexibility index (Phi) is 1.88. The summed E-state index contributed by atoms with van der Waals surface area (Å²) in [6.45, 7) is 3.84. The standard InChI is InChI=1S/C10H11N7/c1-5-3-9-15-16-10(17(9)6(2)12-5)7-4-8(11)14-13-7/h3-4H,1-2H3,(H3,11,13,14). The number of fused-ring (bicyclic) bond motifs is 1. The number of rotatable bonds is 1. The lowest BCUT2D eigenvalue weighted by Crippen LogP contribution is -1.99. The monoisotopic (exact) mass is 229 g/mol. The molecule has 3 aromatic heterocycles. The molecule has 0 saturated heterocycles. The largest absolute Gasteiger partial charge is 0.382 e. The summed E-state index contributed by atoms with van der Waals surface area (Å²) in [7, 11) is 0. The van der Waals surface area contributed by atoms with Gasteiger partial charge in [0.1, 0.15) is 17.3 Å². The Morgan fingerprint density at radius 2 is 2.06 bits per heavy atom. The molecular formula is C10H11N7. The van der Waals surface area contributed by atoms with E-state index in [4.69, 9.17) is 5.73 Å². The maximum Gasteiger partial charge on any atom is 0.187 e. The first-order valence-corrected chi connectivity index (χ1v) is 5.16. The smallest absolute Gasteiger partial charge is 0.187 e. The fraction of sp³-hybridized carbons (Fsp3) is 0.200. The zero-order valence-electron chi connectivity index (χ0n) is 9.47. The van der Waals surface area contributed by atoms with Crippen LogP contribution in [0.25, 0.3) is 17.2 Å². The third-order valence-electron chi connectivity index (χ3n) is 2.53. The van der Waals surface area contributed by atoms with E-state index in [1.807, 2.05) is 24.3 Å². The van der Waals surface area contributed by atoms with Crippen LogP contribution in [0.5, 0.6) is 0 Å². The summed E-state index contributed by atoms with van der Waals surface area (Å²) in [4.78, 5) is 4.38. The fourth-order valence-corrected chi connectivity index (χ4v) is 1.86. The molecule has 0 spiro atoms.